The lowest BCUT2D eigenvalue weighted by molar-refractivity contribution is -0.139. The summed E-state index contributed by atoms with van der Waals surface area (Å²) in [6, 6.07) is 7.74. The third-order valence-corrected chi connectivity index (χ3v) is 3.47. The molecule has 1 aromatic carbocycles. The van der Waals surface area contributed by atoms with Crippen molar-refractivity contribution in [1.29, 1.82) is 0 Å². The molecule has 0 bridgehead atoms. The number of nitrogens with zero attached hydrogens (tertiary/aromatic N) is 1. The fourth-order valence-corrected chi connectivity index (χ4v) is 2.28. The maximum atomic E-state index is 13.1. The summed E-state index contributed by atoms with van der Waals surface area (Å²) in [6.45, 7) is 3.26. The van der Waals surface area contributed by atoms with Gasteiger partial charge < -0.3 is 9.47 Å². The van der Waals surface area contributed by atoms with Crippen molar-refractivity contribution in [2.24, 2.45) is 0 Å². The van der Waals surface area contributed by atoms with E-state index in [-0.39, 0.29) is 6.61 Å². The van der Waals surface area contributed by atoms with Gasteiger partial charge in [-0.25, -0.2) is 4.98 Å². The highest BCUT2D eigenvalue weighted by atomic mass is 35.5. The van der Waals surface area contributed by atoms with Crippen molar-refractivity contribution in [2.75, 3.05) is 6.61 Å². The minimum absolute atomic E-state index is 0.126. The van der Waals surface area contributed by atoms with Gasteiger partial charge >= 0.3 is 6.18 Å². The summed E-state index contributed by atoms with van der Waals surface area (Å²) in [5.74, 6) is 0.132. The molecule has 2 aromatic rings. The molecule has 24 heavy (non-hydrogen) atoms. The van der Waals surface area contributed by atoms with Crippen molar-refractivity contribution in [2.45, 2.75) is 25.6 Å². The summed E-state index contributed by atoms with van der Waals surface area (Å²) in [4.78, 5) is 3.45. The first kappa shape index (κ1) is 18.7. The summed E-state index contributed by atoms with van der Waals surface area (Å²) in [5.41, 5.74) is -1.99. The number of rotatable bonds is 5. The minimum Gasteiger partial charge on any atom is -0.489 e. The van der Waals surface area contributed by atoms with Gasteiger partial charge in [-0.2, -0.15) is 13.2 Å². The van der Waals surface area contributed by atoms with Gasteiger partial charge in [0.2, 0.25) is 0 Å². The number of alkyl halides is 3. The summed E-state index contributed by atoms with van der Waals surface area (Å²) in [7, 11) is 0. The Morgan fingerprint density at radius 1 is 1.04 bits per heavy atom. The molecule has 0 N–H and O–H groups in total. The predicted molar refractivity (Wildman–Crippen MR) is 85.9 cm³/mol. The van der Waals surface area contributed by atoms with E-state index < -0.39 is 28.2 Å². The fraction of sp³-hybridized carbons (Fsp3) is 0.312. The molecule has 0 saturated carbocycles. The molecule has 0 saturated heterocycles. The fourth-order valence-electron chi connectivity index (χ4n) is 1.90. The van der Waals surface area contributed by atoms with E-state index in [4.69, 9.17) is 32.7 Å². The monoisotopic (exact) mass is 379 g/mol. The maximum Gasteiger partial charge on any atom is 0.422 e. The van der Waals surface area contributed by atoms with Gasteiger partial charge in [-0.15, -0.1) is 0 Å². The molecule has 8 heteroatoms. The van der Waals surface area contributed by atoms with Crippen LogP contribution in [0.25, 0.3) is 0 Å². The molecule has 130 valence electrons. The van der Waals surface area contributed by atoms with E-state index in [9.17, 15) is 13.2 Å². The average molecular weight is 380 g/mol. The van der Waals surface area contributed by atoms with Crippen molar-refractivity contribution in [1.82, 2.24) is 4.98 Å². The molecule has 1 heterocycles. The van der Waals surface area contributed by atoms with Gasteiger partial charge in [0.1, 0.15) is 34.4 Å². The number of aromatic nitrogens is 1. The smallest absolute Gasteiger partial charge is 0.422 e. The van der Waals surface area contributed by atoms with E-state index in [1.807, 2.05) is 0 Å². The van der Waals surface area contributed by atoms with Crippen LogP contribution in [-0.4, -0.2) is 17.2 Å². The highest BCUT2D eigenvalue weighted by Gasteiger charge is 2.38. The van der Waals surface area contributed by atoms with Crippen LogP contribution in [0.3, 0.4) is 0 Å². The summed E-state index contributed by atoms with van der Waals surface area (Å²) in [6.07, 6.45) is -3.51. The lowest BCUT2D eigenvalue weighted by atomic mass is 10.1. The molecular weight excluding hydrogens is 366 g/mol. The Morgan fingerprint density at radius 2 is 1.67 bits per heavy atom. The van der Waals surface area contributed by atoms with Crippen LogP contribution in [0, 0.1) is 0 Å². The van der Waals surface area contributed by atoms with Gasteiger partial charge in [-0.3, -0.25) is 0 Å². The lowest BCUT2D eigenvalue weighted by Gasteiger charge is -2.27. The van der Waals surface area contributed by atoms with Gasteiger partial charge in [0.25, 0.3) is 0 Å². The molecule has 0 unspecified atom stereocenters. The van der Waals surface area contributed by atoms with Crippen LogP contribution in [0.15, 0.2) is 36.5 Å². The lowest BCUT2D eigenvalue weighted by Crippen LogP contribution is -2.35. The molecule has 0 atom stereocenters. The van der Waals surface area contributed by atoms with Crippen LogP contribution in [0.2, 0.25) is 10.2 Å². The Bertz CT molecular complexity index is 703. The number of pyridine rings is 1. The van der Waals surface area contributed by atoms with Gasteiger partial charge in [0.15, 0.2) is 0 Å². The van der Waals surface area contributed by atoms with E-state index in [0.29, 0.717) is 10.8 Å². The van der Waals surface area contributed by atoms with Gasteiger partial charge in [0, 0.05) is 11.2 Å². The van der Waals surface area contributed by atoms with Crippen molar-refractivity contribution in [3.63, 3.8) is 0 Å². The van der Waals surface area contributed by atoms with Gasteiger partial charge in [0.05, 0.1) is 0 Å². The van der Waals surface area contributed by atoms with Gasteiger partial charge in [-0.05, 0) is 44.2 Å². The van der Waals surface area contributed by atoms with E-state index in [2.05, 4.69) is 4.98 Å². The Balaban J connectivity index is 2.12. The van der Waals surface area contributed by atoms with Crippen molar-refractivity contribution in [3.05, 3.63) is 52.3 Å². The molecular formula is C16H14Cl2F3NO2. The first-order valence-electron chi connectivity index (χ1n) is 6.87. The zero-order chi connectivity index (χ0) is 18.0. The molecule has 2 rings (SSSR count). The van der Waals surface area contributed by atoms with Crippen LogP contribution in [0.1, 0.15) is 19.4 Å². The normalized spacial score (nSPS) is 12.1. The highest BCUT2D eigenvalue weighted by Crippen LogP contribution is 2.40. The summed E-state index contributed by atoms with van der Waals surface area (Å²) in [5, 5.41) is -0.103. The Hall–Kier alpha value is -1.66. The number of ether oxygens (including phenoxy) is 2. The third kappa shape index (κ3) is 4.92. The topological polar surface area (TPSA) is 31.4 Å². The molecule has 0 aliphatic carbocycles. The van der Waals surface area contributed by atoms with E-state index in [1.54, 1.807) is 38.1 Å². The van der Waals surface area contributed by atoms with Crippen molar-refractivity contribution >= 4 is 23.2 Å². The third-order valence-electron chi connectivity index (χ3n) is 2.93. The molecule has 0 aliphatic rings. The minimum atomic E-state index is -4.66. The van der Waals surface area contributed by atoms with Crippen LogP contribution in [0.4, 0.5) is 13.2 Å². The second-order valence-electron chi connectivity index (χ2n) is 5.58. The summed E-state index contributed by atoms with van der Waals surface area (Å²) >= 11 is 11.3. The standard InChI is InChI=1S/C16H14Cl2F3NO2/c1-15(2,24-11-5-3-10(17)4-6-11)9-23-12-7-8-22-14(18)13(12)16(19,20)21/h3-8H,9H2,1-2H3. The van der Waals surface area contributed by atoms with Crippen LogP contribution in [-0.2, 0) is 6.18 Å². The van der Waals surface area contributed by atoms with E-state index in [1.165, 1.54) is 0 Å². The largest absolute Gasteiger partial charge is 0.489 e. The van der Waals surface area contributed by atoms with Crippen LogP contribution < -0.4 is 9.47 Å². The number of hydrogen-bond acceptors (Lipinski definition) is 3. The highest BCUT2D eigenvalue weighted by molar-refractivity contribution is 6.30. The molecule has 0 radical (unpaired) electrons. The first-order chi connectivity index (χ1) is 11.1. The second-order valence-corrected chi connectivity index (χ2v) is 6.37. The molecule has 0 fully saturated rings. The van der Waals surface area contributed by atoms with Crippen molar-refractivity contribution < 1.29 is 22.6 Å². The van der Waals surface area contributed by atoms with Gasteiger partial charge in [-0.1, -0.05) is 23.2 Å². The Labute approximate surface area is 147 Å². The Kier molecular flexibility index (Phi) is 5.50. The predicted octanol–water partition coefficient (Wildman–Crippen LogP) is 5.64. The first-order valence-corrected chi connectivity index (χ1v) is 7.63. The molecule has 0 aliphatic heterocycles. The second kappa shape index (κ2) is 7.07. The van der Waals surface area contributed by atoms with Crippen LogP contribution >= 0.6 is 23.2 Å². The molecule has 1 aromatic heterocycles. The average Bonchev–Trinajstić information content (AvgIpc) is 2.46. The Morgan fingerprint density at radius 3 is 2.25 bits per heavy atom. The number of hydrogen-bond donors (Lipinski definition) is 0. The van der Waals surface area contributed by atoms with Crippen molar-refractivity contribution in [3.8, 4) is 11.5 Å². The number of halogens is 5. The maximum absolute atomic E-state index is 13.1. The molecule has 0 amide bonds. The zero-order valence-corrected chi connectivity index (χ0v) is 14.3. The van der Waals surface area contributed by atoms with E-state index >= 15 is 0 Å². The summed E-state index contributed by atoms with van der Waals surface area (Å²) < 4.78 is 50.2. The van der Waals surface area contributed by atoms with E-state index in [0.717, 1.165) is 12.3 Å². The molecule has 0 spiro atoms. The zero-order valence-electron chi connectivity index (χ0n) is 12.8. The number of benzene rings is 1. The quantitative estimate of drug-likeness (QED) is 0.629. The van der Waals surface area contributed by atoms with Crippen LogP contribution in [0.5, 0.6) is 11.5 Å². The molecule has 3 nitrogen and oxygen atoms in total. The SMILES string of the molecule is CC(C)(COc1ccnc(Cl)c1C(F)(F)F)Oc1ccc(Cl)cc1.